The Bertz CT molecular complexity index is 254. The number of rotatable bonds is 5. The van der Waals surface area contributed by atoms with Crippen LogP contribution in [0.5, 0.6) is 0 Å². The lowest BCUT2D eigenvalue weighted by atomic mass is 9.66. The van der Waals surface area contributed by atoms with Crippen LogP contribution in [-0.4, -0.2) is 30.4 Å². The van der Waals surface area contributed by atoms with Gasteiger partial charge in [0.05, 0.1) is 18.8 Å². The van der Waals surface area contributed by atoms with Crippen molar-refractivity contribution in [1.29, 1.82) is 0 Å². The van der Waals surface area contributed by atoms with E-state index >= 15 is 0 Å². The van der Waals surface area contributed by atoms with Crippen LogP contribution in [0.1, 0.15) is 33.1 Å². The van der Waals surface area contributed by atoms with Gasteiger partial charge in [0, 0.05) is 11.5 Å². The second kappa shape index (κ2) is 4.73. The predicted molar refractivity (Wildman–Crippen MR) is 74.1 cm³/mol. The van der Waals surface area contributed by atoms with Gasteiger partial charge in [0.15, 0.2) is 0 Å². The first-order valence-corrected chi connectivity index (χ1v) is 7.80. The van der Waals surface area contributed by atoms with Gasteiger partial charge in [-0.25, -0.2) is 0 Å². The maximum atomic E-state index is 6.30. The number of ether oxygens (including phenoxy) is 2. The zero-order valence-electron chi connectivity index (χ0n) is 10.6. The minimum absolute atomic E-state index is 0.106. The molecular weight excluding hydrogens is 315 g/mol. The van der Waals surface area contributed by atoms with Gasteiger partial charge in [-0.2, -0.15) is 0 Å². The molecule has 2 aliphatic carbocycles. The number of methoxy groups -OCH3 is 1. The Balaban J connectivity index is 2.13. The smallest absolute Gasteiger partial charge is 0.0853 e. The van der Waals surface area contributed by atoms with Gasteiger partial charge in [-0.1, -0.05) is 36.4 Å². The third-order valence-corrected chi connectivity index (χ3v) is 6.18. The summed E-state index contributed by atoms with van der Waals surface area (Å²) in [6.07, 6.45) is 4.15. The summed E-state index contributed by atoms with van der Waals surface area (Å²) in [4.78, 5) is 0. The Morgan fingerprint density at radius 1 is 1.19 bits per heavy atom. The van der Waals surface area contributed by atoms with Crippen LogP contribution in [-0.2, 0) is 9.47 Å². The molecule has 2 bridgehead atoms. The van der Waals surface area contributed by atoms with E-state index in [4.69, 9.17) is 9.47 Å². The van der Waals surface area contributed by atoms with E-state index in [2.05, 4.69) is 36.4 Å². The molecule has 0 spiro atoms. The van der Waals surface area contributed by atoms with Crippen LogP contribution >= 0.6 is 22.6 Å². The molecule has 0 aromatic carbocycles. The molecule has 16 heavy (non-hydrogen) atoms. The highest BCUT2D eigenvalue weighted by Gasteiger charge is 2.63. The molecule has 2 saturated carbocycles. The molecule has 3 atom stereocenters. The van der Waals surface area contributed by atoms with Crippen molar-refractivity contribution in [1.82, 2.24) is 0 Å². The molecule has 94 valence electrons. The Hall–Kier alpha value is 0.650. The van der Waals surface area contributed by atoms with Gasteiger partial charge in [-0.3, -0.25) is 0 Å². The van der Waals surface area contributed by atoms with Gasteiger partial charge < -0.3 is 9.47 Å². The monoisotopic (exact) mass is 338 g/mol. The van der Waals surface area contributed by atoms with Gasteiger partial charge >= 0.3 is 0 Å². The van der Waals surface area contributed by atoms with Gasteiger partial charge in [0.25, 0.3) is 0 Å². The van der Waals surface area contributed by atoms with E-state index in [0.29, 0.717) is 12.0 Å². The van der Waals surface area contributed by atoms with Crippen molar-refractivity contribution in [2.24, 2.45) is 17.3 Å². The molecule has 2 fully saturated rings. The quantitative estimate of drug-likeness (QED) is 0.435. The topological polar surface area (TPSA) is 18.5 Å². The standard InChI is InChI=1S/C13H23IO2/c1-12(2)10-4-5-11(8-10)13(12,9-14)16-7-6-15-3/h10-11H,4-9H2,1-3H3. The number of fused-ring (bicyclic) bond motifs is 2. The van der Waals surface area contributed by atoms with Crippen LogP contribution in [0.3, 0.4) is 0 Å². The van der Waals surface area contributed by atoms with Crippen molar-refractivity contribution in [3.05, 3.63) is 0 Å². The molecule has 3 unspecified atom stereocenters. The Labute approximate surface area is 113 Å². The summed E-state index contributed by atoms with van der Waals surface area (Å²) in [6, 6.07) is 0. The number of hydrogen-bond acceptors (Lipinski definition) is 2. The van der Waals surface area contributed by atoms with Crippen LogP contribution in [0.25, 0.3) is 0 Å². The van der Waals surface area contributed by atoms with Crippen molar-refractivity contribution >= 4 is 22.6 Å². The lowest BCUT2D eigenvalue weighted by molar-refractivity contribution is -0.143. The molecule has 2 aliphatic rings. The van der Waals surface area contributed by atoms with Crippen molar-refractivity contribution < 1.29 is 9.47 Å². The van der Waals surface area contributed by atoms with Gasteiger partial charge in [0.1, 0.15) is 0 Å². The zero-order chi connectivity index (χ0) is 11.8. The molecule has 0 aromatic heterocycles. The summed E-state index contributed by atoms with van der Waals surface area (Å²) < 4.78 is 12.5. The number of alkyl halides is 1. The summed E-state index contributed by atoms with van der Waals surface area (Å²) in [5, 5.41) is 0. The fraction of sp³-hybridized carbons (Fsp3) is 1.00. The predicted octanol–water partition coefficient (Wildman–Crippen LogP) is 3.28. The zero-order valence-corrected chi connectivity index (χ0v) is 12.7. The largest absolute Gasteiger partial charge is 0.382 e. The molecule has 0 heterocycles. The SMILES string of the molecule is COCCOC1(CI)C2CCC(C2)C1(C)C. The van der Waals surface area contributed by atoms with E-state index in [1.807, 2.05) is 0 Å². The highest BCUT2D eigenvalue weighted by atomic mass is 127. The molecule has 0 saturated heterocycles. The minimum Gasteiger partial charge on any atom is -0.382 e. The average Bonchev–Trinajstić information content (AvgIpc) is 2.80. The molecule has 2 nitrogen and oxygen atoms in total. The molecule has 0 aromatic rings. The van der Waals surface area contributed by atoms with Crippen LogP contribution < -0.4 is 0 Å². The van der Waals surface area contributed by atoms with Gasteiger partial charge in [-0.05, 0) is 36.5 Å². The van der Waals surface area contributed by atoms with Gasteiger partial charge in [0.2, 0.25) is 0 Å². The first-order chi connectivity index (χ1) is 7.58. The van der Waals surface area contributed by atoms with E-state index < -0.39 is 0 Å². The average molecular weight is 338 g/mol. The Morgan fingerprint density at radius 3 is 2.38 bits per heavy atom. The number of halogens is 1. The fourth-order valence-corrected chi connectivity index (χ4v) is 5.69. The van der Waals surface area contributed by atoms with Crippen LogP contribution in [0.4, 0.5) is 0 Å². The van der Waals surface area contributed by atoms with E-state index in [1.165, 1.54) is 19.3 Å². The molecule has 3 heteroatoms. The molecule has 2 rings (SSSR count). The molecular formula is C13H23IO2. The third kappa shape index (κ3) is 1.74. The number of hydrogen-bond donors (Lipinski definition) is 0. The van der Waals surface area contributed by atoms with Crippen molar-refractivity contribution in [3.63, 3.8) is 0 Å². The highest BCUT2D eigenvalue weighted by Crippen LogP contribution is 2.63. The van der Waals surface area contributed by atoms with Crippen molar-refractivity contribution in [2.75, 3.05) is 24.8 Å². The van der Waals surface area contributed by atoms with Crippen molar-refractivity contribution in [2.45, 2.75) is 38.7 Å². The van der Waals surface area contributed by atoms with Crippen LogP contribution in [0, 0.1) is 17.3 Å². The molecule has 0 amide bonds. The minimum atomic E-state index is 0.106. The summed E-state index contributed by atoms with van der Waals surface area (Å²) in [7, 11) is 1.74. The second-order valence-corrected chi connectivity index (χ2v) is 6.56. The maximum Gasteiger partial charge on any atom is 0.0853 e. The Morgan fingerprint density at radius 2 is 1.88 bits per heavy atom. The molecule has 0 radical (unpaired) electrons. The van der Waals surface area contributed by atoms with E-state index in [1.54, 1.807) is 7.11 Å². The lowest BCUT2D eigenvalue weighted by Crippen LogP contribution is -2.53. The van der Waals surface area contributed by atoms with E-state index in [0.717, 1.165) is 22.9 Å². The van der Waals surface area contributed by atoms with Crippen molar-refractivity contribution in [3.8, 4) is 0 Å². The summed E-state index contributed by atoms with van der Waals surface area (Å²) in [5.41, 5.74) is 0.444. The maximum absolute atomic E-state index is 6.30. The highest BCUT2D eigenvalue weighted by molar-refractivity contribution is 14.1. The second-order valence-electron chi connectivity index (χ2n) is 5.79. The molecule has 0 N–H and O–H groups in total. The lowest BCUT2D eigenvalue weighted by Gasteiger charge is -2.48. The summed E-state index contributed by atoms with van der Waals surface area (Å²) >= 11 is 2.51. The third-order valence-electron chi connectivity index (χ3n) is 5.05. The normalized spacial score (nSPS) is 40.5. The van der Waals surface area contributed by atoms with E-state index in [-0.39, 0.29) is 5.60 Å². The first-order valence-electron chi connectivity index (χ1n) is 6.27. The summed E-state index contributed by atoms with van der Waals surface area (Å²) in [5.74, 6) is 1.65. The summed E-state index contributed by atoms with van der Waals surface area (Å²) in [6.45, 7) is 6.27. The fourth-order valence-electron chi connectivity index (χ4n) is 3.86. The Kier molecular flexibility index (Phi) is 3.87. The van der Waals surface area contributed by atoms with Crippen LogP contribution in [0.15, 0.2) is 0 Å². The van der Waals surface area contributed by atoms with E-state index in [9.17, 15) is 0 Å². The van der Waals surface area contributed by atoms with Crippen LogP contribution in [0.2, 0.25) is 0 Å². The molecule has 0 aliphatic heterocycles. The first kappa shape index (κ1) is 13.1. The van der Waals surface area contributed by atoms with Gasteiger partial charge in [-0.15, -0.1) is 0 Å².